The zero-order valence-corrected chi connectivity index (χ0v) is 9.03. The summed E-state index contributed by atoms with van der Waals surface area (Å²) in [6.45, 7) is 1.74. The Morgan fingerprint density at radius 2 is 2.06 bits per heavy atom. The number of ether oxygens (including phenoxy) is 1. The van der Waals surface area contributed by atoms with Crippen LogP contribution >= 0.6 is 0 Å². The summed E-state index contributed by atoms with van der Waals surface area (Å²) >= 11 is 0. The van der Waals surface area contributed by atoms with Crippen LogP contribution in [0.3, 0.4) is 0 Å². The number of carbonyl (C=O) groups excluding carboxylic acids is 2. The number of hydrogen-bond acceptors (Lipinski definition) is 4. The van der Waals surface area contributed by atoms with Crippen LogP contribution < -0.4 is 11.5 Å². The molecule has 0 fully saturated rings. The third-order valence-electron chi connectivity index (χ3n) is 2.09. The molecule has 86 valence electrons. The minimum Gasteiger partial charge on any atom is -0.461 e. The van der Waals surface area contributed by atoms with E-state index in [1.165, 1.54) is 0 Å². The summed E-state index contributed by atoms with van der Waals surface area (Å²) in [4.78, 5) is 22.1. The number of nitrogen functional groups attached to an aromatic ring is 1. The second-order valence-corrected chi connectivity index (χ2v) is 3.39. The molecular formula is C11H14N2O3. The molecule has 1 aromatic carbocycles. The average molecular weight is 222 g/mol. The van der Waals surface area contributed by atoms with Gasteiger partial charge in [-0.2, -0.15) is 0 Å². The van der Waals surface area contributed by atoms with Crippen molar-refractivity contribution in [2.45, 2.75) is 13.3 Å². The molecule has 1 amide bonds. The quantitative estimate of drug-likeness (QED) is 0.576. The van der Waals surface area contributed by atoms with E-state index in [1.807, 2.05) is 0 Å². The van der Waals surface area contributed by atoms with E-state index in [1.54, 1.807) is 25.1 Å². The first-order valence-corrected chi connectivity index (χ1v) is 4.83. The second kappa shape index (κ2) is 5.16. The molecule has 0 saturated heterocycles. The predicted molar refractivity (Wildman–Crippen MR) is 59.7 cm³/mol. The van der Waals surface area contributed by atoms with Gasteiger partial charge in [0.15, 0.2) is 0 Å². The Balaban J connectivity index is 2.70. The van der Waals surface area contributed by atoms with Crippen LogP contribution in [0.25, 0.3) is 0 Å². The Morgan fingerprint density at radius 3 is 2.62 bits per heavy atom. The molecule has 5 nitrogen and oxygen atoms in total. The molecule has 4 N–H and O–H groups in total. The number of aryl methyl sites for hydroxylation is 1. The molecule has 0 heterocycles. The summed E-state index contributed by atoms with van der Waals surface area (Å²) in [6.07, 6.45) is 0.0114. The van der Waals surface area contributed by atoms with E-state index in [0.717, 1.165) is 5.56 Å². The number of hydrogen-bond donors (Lipinski definition) is 2. The molecule has 0 aliphatic carbocycles. The van der Waals surface area contributed by atoms with Crippen molar-refractivity contribution in [3.63, 3.8) is 0 Å². The third kappa shape index (κ3) is 2.98. The normalized spacial score (nSPS) is 9.81. The van der Waals surface area contributed by atoms with Crippen molar-refractivity contribution < 1.29 is 14.3 Å². The van der Waals surface area contributed by atoms with Gasteiger partial charge < -0.3 is 16.2 Å². The number of benzene rings is 1. The lowest BCUT2D eigenvalue weighted by molar-refractivity contribution is -0.118. The summed E-state index contributed by atoms with van der Waals surface area (Å²) in [7, 11) is 0. The smallest absolute Gasteiger partial charge is 0.340 e. The van der Waals surface area contributed by atoms with Gasteiger partial charge in [0, 0.05) is 5.69 Å². The Bertz CT molecular complexity index is 395. The Labute approximate surface area is 93.4 Å². The second-order valence-electron chi connectivity index (χ2n) is 3.39. The van der Waals surface area contributed by atoms with Gasteiger partial charge in [-0.25, -0.2) is 4.79 Å². The molecule has 0 aliphatic heterocycles. The molecular weight excluding hydrogens is 208 g/mol. The molecule has 0 atom stereocenters. The molecule has 0 spiro atoms. The van der Waals surface area contributed by atoms with Gasteiger partial charge in [0.2, 0.25) is 5.91 Å². The zero-order chi connectivity index (χ0) is 12.1. The van der Waals surface area contributed by atoms with Gasteiger partial charge in [0.05, 0.1) is 12.0 Å². The molecule has 5 heteroatoms. The van der Waals surface area contributed by atoms with E-state index in [-0.39, 0.29) is 13.0 Å². The van der Waals surface area contributed by atoms with Crippen LogP contribution in [0.2, 0.25) is 0 Å². The fourth-order valence-electron chi connectivity index (χ4n) is 1.29. The predicted octanol–water partition coefficient (Wildman–Crippen LogP) is 0.609. The van der Waals surface area contributed by atoms with E-state index in [2.05, 4.69) is 0 Å². The third-order valence-corrected chi connectivity index (χ3v) is 2.09. The van der Waals surface area contributed by atoms with Crippen molar-refractivity contribution >= 4 is 17.6 Å². The number of carbonyl (C=O) groups is 2. The standard InChI is InChI=1S/C11H14N2O3/c1-7-3-2-4-8(12)10(7)11(15)16-6-5-9(13)14/h2-4H,5-6,12H2,1H3,(H2,13,14). The van der Waals surface area contributed by atoms with Crippen molar-refractivity contribution in [2.24, 2.45) is 5.73 Å². The number of anilines is 1. The highest BCUT2D eigenvalue weighted by Crippen LogP contribution is 2.17. The molecule has 0 radical (unpaired) electrons. The van der Waals surface area contributed by atoms with Crippen molar-refractivity contribution in [3.8, 4) is 0 Å². The van der Waals surface area contributed by atoms with Crippen LogP contribution in [-0.4, -0.2) is 18.5 Å². The molecule has 1 aromatic rings. The molecule has 0 bridgehead atoms. The van der Waals surface area contributed by atoms with Gasteiger partial charge in [-0.3, -0.25) is 4.79 Å². The summed E-state index contributed by atoms with van der Waals surface area (Å²) in [5.41, 5.74) is 12.0. The fourth-order valence-corrected chi connectivity index (χ4v) is 1.29. The highest BCUT2D eigenvalue weighted by molar-refractivity contribution is 5.96. The number of primary amides is 1. The summed E-state index contributed by atoms with van der Waals surface area (Å²) in [6, 6.07) is 5.14. The number of nitrogens with two attached hydrogens (primary N) is 2. The molecule has 1 rings (SSSR count). The van der Waals surface area contributed by atoms with Crippen molar-refractivity contribution in [3.05, 3.63) is 29.3 Å². The zero-order valence-electron chi connectivity index (χ0n) is 9.03. The maximum atomic E-state index is 11.6. The molecule has 0 unspecified atom stereocenters. The van der Waals surface area contributed by atoms with Crippen LogP contribution in [0.15, 0.2) is 18.2 Å². The Kier molecular flexibility index (Phi) is 3.88. The van der Waals surface area contributed by atoms with E-state index >= 15 is 0 Å². The first-order chi connectivity index (χ1) is 7.52. The first kappa shape index (κ1) is 12.0. The Morgan fingerprint density at radius 1 is 1.38 bits per heavy atom. The van der Waals surface area contributed by atoms with E-state index in [9.17, 15) is 9.59 Å². The fraction of sp³-hybridized carbons (Fsp3) is 0.273. The topological polar surface area (TPSA) is 95.4 Å². The van der Waals surface area contributed by atoms with Gasteiger partial charge in [-0.05, 0) is 18.6 Å². The minimum absolute atomic E-state index is 0.0114. The van der Waals surface area contributed by atoms with Crippen LogP contribution in [0.5, 0.6) is 0 Å². The van der Waals surface area contributed by atoms with E-state index in [0.29, 0.717) is 11.3 Å². The number of amides is 1. The van der Waals surface area contributed by atoms with Crippen LogP contribution in [-0.2, 0) is 9.53 Å². The minimum atomic E-state index is -0.531. The van der Waals surface area contributed by atoms with Crippen molar-refractivity contribution in [2.75, 3.05) is 12.3 Å². The van der Waals surface area contributed by atoms with Gasteiger partial charge in [-0.1, -0.05) is 12.1 Å². The maximum Gasteiger partial charge on any atom is 0.340 e. The first-order valence-electron chi connectivity index (χ1n) is 4.83. The van der Waals surface area contributed by atoms with Crippen molar-refractivity contribution in [1.82, 2.24) is 0 Å². The summed E-state index contributed by atoms with van der Waals surface area (Å²) in [5, 5.41) is 0. The van der Waals surface area contributed by atoms with Gasteiger partial charge in [0.25, 0.3) is 0 Å². The Hall–Kier alpha value is -2.04. The number of rotatable bonds is 4. The highest BCUT2D eigenvalue weighted by atomic mass is 16.5. The lowest BCUT2D eigenvalue weighted by Crippen LogP contribution is -2.17. The van der Waals surface area contributed by atoms with Gasteiger partial charge >= 0.3 is 5.97 Å². The maximum absolute atomic E-state index is 11.6. The SMILES string of the molecule is Cc1cccc(N)c1C(=O)OCCC(N)=O. The molecule has 0 aliphatic rings. The molecule has 16 heavy (non-hydrogen) atoms. The lowest BCUT2D eigenvalue weighted by Gasteiger charge is -2.08. The van der Waals surface area contributed by atoms with Crippen molar-refractivity contribution in [1.29, 1.82) is 0 Å². The number of esters is 1. The molecule has 0 saturated carbocycles. The van der Waals surface area contributed by atoms with Gasteiger partial charge in [-0.15, -0.1) is 0 Å². The van der Waals surface area contributed by atoms with E-state index in [4.69, 9.17) is 16.2 Å². The summed E-state index contributed by atoms with van der Waals surface area (Å²) < 4.78 is 4.88. The lowest BCUT2D eigenvalue weighted by atomic mass is 10.1. The van der Waals surface area contributed by atoms with Crippen LogP contribution in [0, 0.1) is 6.92 Å². The summed E-state index contributed by atoms with van der Waals surface area (Å²) in [5.74, 6) is -1.04. The monoisotopic (exact) mass is 222 g/mol. The van der Waals surface area contributed by atoms with E-state index < -0.39 is 11.9 Å². The largest absolute Gasteiger partial charge is 0.461 e. The molecule has 0 aromatic heterocycles. The van der Waals surface area contributed by atoms with Crippen LogP contribution in [0.4, 0.5) is 5.69 Å². The van der Waals surface area contributed by atoms with Gasteiger partial charge in [0.1, 0.15) is 6.61 Å². The highest BCUT2D eigenvalue weighted by Gasteiger charge is 2.13. The van der Waals surface area contributed by atoms with Crippen LogP contribution in [0.1, 0.15) is 22.3 Å². The average Bonchev–Trinajstić information content (AvgIpc) is 2.16.